The molecule has 0 amide bonds. The maximum absolute atomic E-state index is 12.8. The molecule has 12 heteroatoms. The predicted octanol–water partition coefficient (Wildman–Crippen LogP) is 11.8. The van der Waals surface area contributed by atoms with Crippen molar-refractivity contribution in [3.63, 3.8) is 0 Å². The molecule has 0 spiro atoms. The molecule has 12 nitrogen and oxygen atoms in total. The van der Waals surface area contributed by atoms with Crippen molar-refractivity contribution >= 4 is 40.1 Å². The van der Waals surface area contributed by atoms with Crippen molar-refractivity contribution < 1.29 is 23.9 Å². The van der Waals surface area contributed by atoms with Crippen molar-refractivity contribution in [2.75, 3.05) is 38.8 Å². The van der Waals surface area contributed by atoms with E-state index in [1.807, 2.05) is 45.0 Å². The number of nitrogens with zero attached hydrogens (tertiary/aromatic N) is 6. The zero-order valence-corrected chi connectivity index (χ0v) is 31.1. The van der Waals surface area contributed by atoms with Crippen LogP contribution in [0.15, 0.2) is 81.1 Å². The van der Waals surface area contributed by atoms with Crippen LogP contribution < -0.4 is 14.4 Å². The van der Waals surface area contributed by atoms with Gasteiger partial charge < -0.3 is 19.1 Å². The quantitative estimate of drug-likeness (QED) is 0.0315. The third kappa shape index (κ3) is 12.8. The first-order valence-electron chi connectivity index (χ1n) is 18.0. The Morgan fingerprint density at radius 2 is 1.22 bits per heavy atom. The predicted molar refractivity (Wildman–Crippen MR) is 202 cm³/mol. The molecule has 0 N–H and O–H groups in total. The lowest BCUT2D eigenvalue weighted by Gasteiger charge is -2.27. The van der Waals surface area contributed by atoms with Crippen molar-refractivity contribution in [1.29, 1.82) is 0 Å². The molecule has 0 aliphatic carbocycles. The summed E-state index contributed by atoms with van der Waals surface area (Å²) in [6.07, 6.45) is 11.4. The second-order valence-corrected chi connectivity index (χ2v) is 12.8. The molecule has 0 aliphatic heterocycles. The Kier molecular flexibility index (Phi) is 17.0. The van der Waals surface area contributed by atoms with Crippen molar-refractivity contribution in [1.82, 2.24) is 0 Å². The number of carbonyl (C=O) groups is 1. The van der Waals surface area contributed by atoms with Gasteiger partial charge in [-0.2, -0.15) is 10.2 Å². The first kappa shape index (κ1) is 40.6. The number of benzene rings is 3. The molecule has 0 fully saturated rings. The van der Waals surface area contributed by atoms with Crippen molar-refractivity contribution in [2.45, 2.75) is 91.9 Å². The van der Waals surface area contributed by atoms with E-state index in [0.717, 1.165) is 31.5 Å². The van der Waals surface area contributed by atoms with Crippen molar-refractivity contribution in [2.24, 2.45) is 25.9 Å². The molecule has 276 valence electrons. The number of nitro groups is 1. The molecule has 0 atom stereocenters. The van der Waals surface area contributed by atoms with Crippen LogP contribution in [0.4, 0.5) is 34.1 Å². The Balaban J connectivity index is 1.71. The fraction of sp³-hybridized carbons (Fsp3) is 0.513. The van der Waals surface area contributed by atoms with Crippen LogP contribution in [-0.2, 0) is 9.53 Å². The lowest BCUT2D eigenvalue weighted by Crippen LogP contribution is -2.33. The Hall–Kier alpha value is -4.87. The number of esters is 1. The maximum Gasteiger partial charge on any atom is 0.311 e. The molecule has 3 rings (SSSR count). The number of nitro benzene ring substituents is 1. The first-order valence-corrected chi connectivity index (χ1v) is 18.0. The molecule has 0 radical (unpaired) electrons. The summed E-state index contributed by atoms with van der Waals surface area (Å²) >= 11 is 0. The number of ether oxygens (including phenoxy) is 3. The minimum absolute atomic E-state index is 0.0293. The van der Waals surface area contributed by atoms with Crippen LogP contribution in [0.25, 0.3) is 0 Å². The maximum atomic E-state index is 12.8. The lowest BCUT2D eigenvalue weighted by molar-refractivity contribution is -0.384. The molecule has 0 bridgehead atoms. The van der Waals surface area contributed by atoms with Gasteiger partial charge in [0.2, 0.25) is 0 Å². The van der Waals surface area contributed by atoms with Gasteiger partial charge in [-0.1, -0.05) is 65.7 Å². The third-order valence-corrected chi connectivity index (χ3v) is 9.23. The van der Waals surface area contributed by atoms with E-state index in [0.29, 0.717) is 47.4 Å². The molecule has 0 saturated carbocycles. The normalized spacial score (nSPS) is 11.6. The number of methoxy groups -OCH3 is 2. The highest BCUT2D eigenvalue weighted by Crippen LogP contribution is 2.41. The highest BCUT2D eigenvalue weighted by molar-refractivity contribution is 5.76. The molecule has 0 unspecified atom stereocenters. The van der Waals surface area contributed by atoms with Crippen LogP contribution in [0, 0.1) is 15.5 Å². The number of rotatable bonds is 23. The summed E-state index contributed by atoms with van der Waals surface area (Å²) in [5.41, 5.74) is 2.48. The van der Waals surface area contributed by atoms with E-state index in [2.05, 4.69) is 32.3 Å². The third-order valence-electron chi connectivity index (χ3n) is 9.23. The molecule has 0 aliphatic rings. The minimum Gasteiger partial charge on any atom is -0.494 e. The fourth-order valence-corrected chi connectivity index (χ4v) is 5.38. The molecular formula is C39H54N6O6. The molecule has 0 saturated heterocycles. The summed E-state index contributed by atoms with van der Waals surface area (Å²) in [7, 11) is 3.04. The van der Waals surface area contributed by atoms with Gasteiger partial charge in [0.15, 0.2) is 0 Å². The van der Waals surface area contributed by atoms with E-state index in [-0.39, 0.29) is 11.7 Å². The molecule has 3 aromatic carbocycles. The van der Waals surface area contributed by atoms with Crippen molar-refractivity contribution in [3.05, 3.63) is 70.8 Å². The Labute approximate surface area is 302 Å². The number of non-ortho nitro benzene ring substituents is 1. The van der Waals surface area contributed by atoms with E-state index >= 15 is 0 Å². The van der Waals surface area contributed by atoms with Gasteiger partial charge in [0.1, 0.15) is 29.5 Å². The average molecular weight is 703 g/mol. The van der Waals surface area contributed by atoms with Gasteiger partial charge in [-0.15, -0.1) is 10.2 Å². The molecule has 0 aromatic heterocycles. The number of carbonyl (C=O) groups excluding carboxylic acids is 1. The van der Waals surface area contributed by atoms with E-state index in [9.17, 15) is 14.9 Å². The highest BCUT2D eigenvalue weighted by atomic mass is 16.6. The topological polar surface area (TPSA) is 141 Å². The summed E-state index contributed by atoms with van der Waals surface area (Å²) in [5.74, 6) is 0.686. The first-order chi connectivity index (χ1) is 24.7. The van der Waals surface area contributed by atoms with Crippen LogP contribution >= 0.6 is 0 Å². The number of anilines is 1. The van der Waals surface area contributed by atoms with E-state index in [1.54, 1.807) is 12.1 Å². The van der Waals surface area contributed by atoms with Crippen LogP contribution in [0.1, 0.15) is 91.9 Å². The summed E-state index contributed by atoms with van der Waals surface area (Å²) in [6.45, 7) is 10.1. The smallest absolute Gasteiger partial charge is 0.311 e. The van der Waals surface area contributed by atoms with Crippen LogP contribution in [0.5, 0.6) is 11.5 Å². The second kappa shape index (κ2) is 21.4. The summed E-state index contributed by atoms with van der Waals surface area (Å²) in [5, 5.41) is 28.2. The van der Waals surface area contributed by atoms with E-state index in [4.69, 9.17) is 14.2 Å². The second-order valence-electron chi connectivity index (χ2n) is 12.8. The SMILES string of the molecule is CCCCCCCCCCN(CCOC(=O)C(C)(CC)CC)c1ccc(N=Nc2cc(OC)c(N=Nc3ccc([N+](=O)[O-])cc3)cc2OC)cc1. The lowest BCUT2D eigenvalue weighted by atomic mass is 9.85. The van der Waals surface area contributed by atoms with Crippen LogP contribution in [0.2, 0.25) is 0 Å². The minimum atomic E-state index is -0.471. The monoisotopic (exact) mass is 702 g/mol. The van der Waals surface area contributed by atoms with Gasteiger partial charge in [-0.3, -0.25) is 14.9 Å². The molecular weight excluding hydrogens is 648 g/mol. The summed E-state index contributed by atoms with van der Waals surface area (Å²) in [4.78, 5) is 25.5. The molecule has 51 heavy (non-hydrogen) atoms. The Bertz CT molecular complexity index is 1570. The summed E-state index contributed by atoms with van der Waals surface area (Å²) < 4.78 is 16.9. The zero-order chi connectivity index (χ0) is 37.1. The van der Waals surface area contributed by atoms with Gasteiger partial charge in [0, 0.05) is 36.5 Å². The van der Waals surface area contributed by atoms with Gasteiger partial charge in [0.25, 0.3) is 5.69 Å². The summed E-state index contributed by atoms with van der Waals surface area (Å²) in [6, 6.07) is 16.9. The van der Waals surface area contributed by atoms with Gasteiger partial charge in [-0.25, -0.2) is 0 Å². The largest absolute Gasteiger partial charge is 0.494 e. The van der Waals surface area contributed by atoms with Gasteiger partial charge in [-0.05, 0) is 62.6 Å². The van der Waals surface area contributed by atoms with Crippen molar-refractivity contribution in [3.8, 4) is 11.5 Å². The van der Waals surface area contributed by atoms with Gasteiger partial charge >= 0.3 is 5.97 Å². The number of hydrogen-bond acceptors (Lipinski definition) is 11. The zero-order valence-electron chi connectivity index (χ0n) is 31.1. The highest BCUT2D eigenvalue weighted by Gasteiger charge is 2.30. The number of azo groups is 2. The standard InChI is InChI=1S/C39H54N6O6/c1-7-10-11-12-13-14-15-16-25-44(26-27-51-38(46)39(4,8-2)9-3)32-21-17-30(18-22-32)40-42-34-28-37(50-6)35(29-36(34)49-5)43-41-31-19-23-33(24-20-31)45(47)48/h17-24,28-29H,7-16,25-27H2,1-6H3. The van der Waals surface area contributed by atoms with Gasteiger partial charge in [0.05, 0.1) is 42.5 Å². The van der Waals surface area contributed by atoms with E-state index in [1.165, 1.54) is 83.4 Å². The molecule has 0 heterocycles. The number of unbranched alkanes of at least 4 members (excludes halogenated alkanes) is 7. The Morgan fingerprint density at radius 3 is 1.69 bits per heavy atom. The average Bonchev–Trinajstić information content (AvgIpc) is 3.16. The number of hydrogen-bond donors (Lipinski definition) is 0. The van der Waals surface area contributed by atoms with Crippen LogP contribution in [0.3, 0.4) is 0 Å². The Morgan fingerprint density at radius 1 is 0.725 bits per heavy atom. The fourth-order valence-electron chi connectivity index (χ4n) is 5.38. The van der Waals surface area contributed by atoms with Crippen LogP contribution in [-0.4, -0.2) is 44.8 Å². The van der Waals surface area contributed by atoms with E-state index < -0.39 is 10.3 Å². The molecule has 3 aromatic rings.